The fraction of sp³-hybridized carbons (Fsp3) is 0.727. The van der Waals surface area contributed by atoms with Crippen LogP contribution in [0.1, 0.15) is 34.6 Å². The Morgan fingerprint density at radius 2 is 1.73 bits per heavy atom. The topological polar surface area (TPSA) is 62.4 Å². The highest BCUT2D eigenvalue weighted by Gasteiger charge is 2.32. The first-order valence-corrected chi connectivity index (χ1v) is 4.74. The predicted octanol–water partition coefficient (Wildman–Crippen LogP) is 1.95. The van der Waals surface area contributed by atoms with Crippen molar-refractivity contribution in [2.75, 3.05) is 7.11 Å². The van der Waals surface area contributed by atoms with Crippen LogP contribution in [0.5, 0.6) is 0 Å². The van der Waals surface area contributed by atoms with E-state index in [9.17, 15) is 4.79 Å². The summed E-state index contributed by atoms with van der Waals surface area (Å²) >= 11 is 0. The molecule has 0 unspecified atom stereocenters. The number of hydrogen-bond acceptors (Lipinski definition) is 4. The SMILES string of the molecule is COC(=O)/C(=N/C(C)(C)C)C(C)(C)C#N. The highest BCUT2D eigenvalue weighted by Crippen LogP contribution is 2.20. The highest BCUT2D eigenvalue weighted by atomic mass is 16.5. The Morgan fingerprint density at radius 1 is 1.27 bits per heavy atom. The zero-order chi connectivity index (χ0) is 12.3. The van der Waals surface area contributed by atoms with Crippen molar-refractivity contribution >= 4 is 11.7 Å². The zero-order valence-electron chi connectivity index (χ0n) is 10.2. The number of nitriles is 1. The molecule has 0 aromatic heterocycles. The van der Waals surface area contributed by atoms with Crippen molar-refractivity contribution in [2.45, 2.75) is 40.2 Å². The van der Waals surface area contributed by atoms with Gasteiger partial charge in [-0.2, -0.15) is 5.26 Å². The number of aliphatic imine (C=N–C) groups is 1. The first-order chi connectivity index (χ1) is 6.64. The van der Waals surface area contributed by atoms with Gasteiger partial charge in [0.25, 0.3) is 0 Å². The summed E-state index contributed by atoms with van der Waals surface area (Å²) in [4.78, 5) is 15.7. The van der Waals surface area contributed by atoms with Crippen LogP contribution in [-0.2, 0) is 9.53 Å². The van der Waals surface area contributed by atoms with Gasteiger partial charge in [-0.25, -0.2) is 4.79 Å². The molecule has 0 aliphatic carbocycles. The minimum atomic E-state index is -0.930. The minimum absolute atomic E-state index is 0.167. The van der Waals surface area contributed by atoms with Gasteiger partial charge in [0, 0.05) is 0 Å². The Labute approximate surface area is 91.0 Å². The second-order valence-corrected chi connectivity index (χ2v) is 4.86. The number of carbonyl (C=O) groups excluding carboxylic acids is 1. The molecule has 4 nitrogen and oxygen atoms in total. The lowest BCUT2D eigenvalue weighted by atomic mass is 9.88. The standard InChI is InChI=1S/C11H18N2O2/c1-10(2,3)13-8(9(14)15-6)11(4,5)7-12/h1-6H3/b13-8-. The third-order valence-electron chi connectivity index (χ3n) is 1.70. The Hall–Kier alpha value is -1.37. The molecule has 15 heavy (non-hydrogen) atoms. The maximum absolute atomic E-state index is 11.5. The lowest BCUT2D eigenvalue weighted by Crippen LogP contribution is -2.34. The van der Waals surface area contributed by atoms with Crippen molar-refractivity contribution in [3.05, 3.63) is 0 Å². The van der Waals surface area contributed by atoms with E-state index in [1.807, 2.05) is 26.8 Å². The van der Waals surface area contributed by atoms with Gasteiger partial charge in [0.2, 0.25) is 0 Å². The van der Waals surface area contributed by atoms with Crippen LogP contribution >= 0.6 is 0 Å². The summed E-state index contributed by atoms with van der Waals surface area (Å²) in [6, 6.07) is 2.05. The number of ether oxygens (including phenoxy) is 1. The van der Waals surface area contributed by atoms with Crippen LogP contribution in [-0.4, -0.2) is 24.3 Å². The number of hydrogen-bond donors (Lipinski definition) is 0. The molecule has 4 heteroatoms. The molecule has 84 valence electrons. The Morgan fingerprint density at radius 3 is 2.00 bits per heavy atom. The normalized spacial score (nSPS) is 13.3. The molecule has 0 amide bonds. The highest BCUT2D eigenvalue weighted by molar-refractivity contribution is 6.39. The molecule has 0 radical (unpaired) electrons. The van der Waals surface area contributed by atoms with E-state index in [4.69, 9.17) is 5.26 Å². The maximum atomic E-state index is 11.5. The quantitative estimate of drug-likeness (QED) is 0.517. The predicted molar refractivity (Wildman–Crippen MR) is 58.6 cm³/mol. The van der Waals surface area contributed by atoms with E-state index in [1.54, 1.807) is 13.8 Å². The van der Waals surface area contributed by atoms with Gasteiger partial charge in [-0.05, 0) is 34.6 Å². The number of rotatable bonds is 2. The van der Waals surface area contributed by atoms with Gasteiger partial charge in [-0.3, -0.25) is 4.99 Å². The second kappa shape index (κ2) is 4.43. The molecule has 0 N–H and O–H groups in total. The molecule has 0 rings (SSSR count). The summed E-state index contributed by atoms with van der Waals surface area (Å²) in [5, 5.41) is 8.97. The van der Waals surface area contributed by atoms with E-state index in [2.05, 4.69) is 9.73 Å². The van der Waals surface area contributed by atoms with Gasteiger partial charge >= 0.3 is 5.97 Å². The molecule has 0 atom stereocenters. The molecule has 0 bridgehead atoms. The third kappa shape index (κ3) is 4.11. The summed E-state index contributed by atoms with van der Waals surface area (Å²) in [7, 11) is 1.29. The largest absolute Gasteiger partial charge is 0.465 e. The molecule has 0 heterocycles. The van der Waals surface area contributed by atoms with E-state index in [0.29, 0.717) is 0 Å². The molecular formula is C11H18N2O2. The van der Waals surface area contributed by atoms with Crippen LogP contribution in [0, 0.1) is 16.7 Å². The van der Waals surface area contributed by atoms with Crippen molar-refractivity contribution in [1.29, 1.82) is 5.26 Å². The van der Waals surface area contributed by atoms with Crippen LogP contribution in [0.2, 0.25) is 0 Å². The fourth-order valence-corrected chi connectivity index (χ4v) is 0.926. The van der Waals surface area contributed by atoms with E-state index in [1.165, 1.54) is 7.11 Å². The Kier molecular flexibility index (Phi) is 4.03. The fourth-order valence-electron chi connectivity index (χ4n) is 0.926. The molecule has 0 saturated heterocycles. The van der Waals surface area contributed by atoms with E-state index in [-0.39, 0.29) is 5.71 Å². The Bertz CT molecular complexity index is 316. The van der Waals surface area contributed by atoms with Crippen LogP contribution in [0.15, 0.2) is 4.99 Å². The molecule has 0 aromatic rings. The van der Waals surface area contributed by atoms with E-state index < -0.39 is 16.9 Å². The molecule has 0 aromatic carbocycles. The number of esters is 1. The first kappa shape index (κ1) is 13.6. The molecule has 0 saturated carbocycles. The lowest BCUT2D eigenvalue weighted by molar-refractivity contribution is -0.133. The number of nitrogens with zero attached hydrogens (tertiary/aromatic N) is 2. The monoisotopic (exact) mass is 210 g/mol. The van der Waals surface area contributed by atoms with Gasteiger partial charge in [0.15, 0.2) is 0 Å². The first-order valence-electron chi connectivity index (χ1n) is 4.74. The van der Waals surface area contributed by atoms with Gasteiger partial charge < -0.3 is 4.74 Å². The smallest absolute Gasteiger partial charge is 0.353 e. The van der Waals surface area contributed by atoms with Crippen LogP contribution < -0.4 is 0 Å². The Balaban J connectivity index is 5.38. The average molecular weight is 210 g/mol. The maximum Gasteiger partial charge on any atom is 0.353 e. The van der Waals surface area contributed by atoms with Crippen molar-refractivity contribution < 1.29 is 9.53 Å². The average Bonchev–Trinajstić information content (AvgIpc) is 2.11. The molecule has 0 aliphatic heterocycles. The molecule has 0 spiro atoms. The van der Waals surface area contributed by atoms with Crippen LogP contribution in [0.4, 0.5) is 0 Å². The lowest BCUT2D eigenvalue weighted by Gasteiger charge is -2.21. The van der Waals surface area contributed by atoms with Crippen molar-refractivity contribution in [3.63, 3.8) is 0 Å². The van der Waals surface area contributed by atoms with Crippen molar-refractivity contribution in [3.8, 4) is 6.07 Å². The zero-order valence-corrected chi connectivity index (χ0v) is 10.2. The number of methoxy groups -OCH3 is 1. The van der Waals surface area contributed by atoms with Gasteiger partial charge in [0.1, 0.15) is 11.1 Å². The summed E-state index contributed by atoms with van der Waals surface area (Å²) in [6.45, 7) is 8.89. The van der Waals surface area contributed by atoms with Crippen molar-refractivity contribution in [2.24, 2.45) is 10.4 Å². The van der Waals surface area contributed by atoms with Gasteiger partial charge in [-0.15, -0.1) is 0 Å². The van der Waals surface area contributed by atoms with Crippen molar-refractivity contribution in [1.82, 2.24) is 0 Å². The molecule has 0 fully saturated rings. The molecule has 0 aliphatic rings. The molecular weight excluding hydrogens is 192 g/mol. The summed E-state index contributed by atoms with van der Waals surface area (Å²) in [5.41, 5.74) is -1.17. The van der Waals surface area contributed by atoms with Gasteiger partial charge in [-0.1, -0.05) is 0 Å². The number of carbonyl (C=O) groups is 1. The second-order valence-electron chi connectivity index (χ2n) is 4.86. The summed E-state index contributed by atoms with van der Waals surface area (Å²) < 4.78 is 4.63. The third-order valence-corrected chi connectivity index (χ3v) is 1.70. The van der Waals surface area contributed by atoms with Crippen LogP contribution in [0.3, 0.4) is 0 Å². The summed E-state index contributed by atoms with van der Waals surface area (Å²) in [6.07, 6.45) is 0. The van der Waals surface area contributed by atoms with Crippen LogP contribution in [0.25, 0.3) is 0 Å². The summed E-state index contributed by atoms with van der Waals surface area (Å²) in [5.74, 6) is -0.545. The van der Waals surface area contributed by atoms with Gasteiger partial charge in [0.05, 0.1) is 18.7 Å². The van der Waals surface area contributed by atoms with E-state index in [0.717, 1.165) is 0 Å². The van der Waals surface area contributed by atoms with E-state index >= 15 is 0 Å². The minimum Gasteiger partial charge on any atom is -0.465 e.